The van der Waals surface area contributed by atoms with Gasteiger partial charge in [-0.3, -0.25) is 0 Å². The number of rotatable bonds is 5. The van der Waals surface area contributed by atoms with E-state index in [0.717, 1.165) is 16.4 Å². The van der Waals surface area contributed by atoms with Crippen molar-refractivity contribution in [3.63, 3.8) is 0 Å². The van der Waals surface area contributed by atoms with Crippen molar-refractivity contribution in [2.75, 3.05) is 0 Å². The molecule has 0 aliphatic rings. The van der Waals surface area contributed by atoms with Crippen LogP contribution in [-0.4, -0.2) is 16.4 Å². The van der Waals surface area contributed by atoms with Crippen LogP contribution in [0.5, 0.6) is 0 Å². The summed E-state index contributed by atoms with van der Waals surface area (Å²) in [7, 11) is -5.49. The summed E-state index contributed by atoms with van der Waals surface area (Å²) in [5.74, 6) is 3.42. The normalized spacial score (nSPS) is 11.1. The average molecular weight is 473 g/mol. The largest absolute Gasteiger partial charge is 1.00 e. The van der Waals surface area contributed by atoms with E-state index in [1.54, 1.807) is 0 Å². The van der Waals surface area contributed by atoms with Crippen molar-refractivity contribution in [1.82, 2.24) is 0 Å². The molecule has 0 unspecified atom stereocenters. The molecule has 0 amide bonds. The Morgan fingerprint density at radius 3 is 1.22 bits per heavy atom. The van der Waals surface area contributed by atoms with Crippen LogP contribution in [0.15, 0.2) is 121 Å². The van der Waals surface area contributed by atoms with Crippen molar-refractivity contribution in [2.45, 2.75) is 12.6 Å². The maximum atomic E-state index is 14.2. The van der Waals surface area contributed by atoms with E-state index in [-0.39, 0.29) is 51.4 Å². The van der Waals surface area contributed by atoms with Gasteiger partial charge >= 0.3 is 51.4 Å². The first-order chi connectivity index (χ1) is 15.1. The quantitative estimate of drug-likeness (QED) is 0.285. The predicted octanol–water partition coefficient (Wildman–Crippen LogP) is -0.454. The van der Waals surface area contributed by atoms with E-state index in [0.29, 0.717) is 0 Å². The van der Waals surface area contributed by atoms with E-state index in [1.165, 1.54) is 10.4 Å². The van der Waals surface area contributed by atoms with Crippen molar-refractivity contribution >= 4 is 37.1 Å². The molecule has 0 aliphatic heterocycles. The van der Waals surface area contributed by atoms with E-state index in [2.05, 4.69) is 78.7 Å². The fourth-order valence-electron chi connectivity index (χ4n) is 3.98. The molecule has 1 nitrogen and oxygen atoms in total. The second-order valence-corrected chi connectivity index (χ2v) is 14.9. The number of benzene rings is 4. The van der Waals surface area contributed by atoms with E-state index in [9.17, 15) is 4.80 Å². The molecular weight excluding hydrogens is 448 g/mol. The van der Waals surface area contributed by atoms with Gasteiger partial charge in [-0.1, -0.05) is 149 Å². The summed E-state index contributed by atoms with van der Waals surface area (Å²) >= 11 is 0. The van der Waals surface area contributed by atoms with Gasteiger partial charge in [-0.05, 0) is 0 Å². The second kappa shape index (κ2) is 11.6. The summed E-state index contributed by atoms with van der Waals surface area (Å²) in [4.78, 5) is 14.2. The van der Waals surface area contributed by atoms with E-state index < -0.39 is 16.4 Å². The zero-order chi connectivity index (χ0) is 21.6. The third kappa shape index (κ3) is 5.51. The zero-order valence-corrected chi connectivity index (χ0v) is 23.8. The molecule has 4 rings (SSSR count). The fourth-order valence-corrected chi connectivity index (χ4v) is 9.48. The molecule has 0 heterocycles. The minimum Gasteiger partial charge on any atom is -0.842 e. The van der Waals surface area contributed by atoms with Crippen molar-refractivity contribution in [2.24, 2.45) is 0 Å². The van der Waals surface area contributed by atoms with Crippen LogP contribution in [0.3, 0.4) is 0 Å². The van der Waals surface area contributed by atoms with Gasteiger partial charge in [0, 0.05) is 6.04 Å². The number of hydrogen-bond acceptors (Lipinski definition) is 1. The van der Waals surface area contributed by atoms with Crippen LogP contribution in [0.1, 0.15) is 0 Å². The van der Waals surface area contributed by atoms with Crippen LogP contribution in [-0.2, 0) is 0 Å². The molecule has 0 bridgehead atoms. The Morgan fingerprint density at radius 1 is 0.562 bits per heavy atom. The maximum Gasteiger partial charge on any atom is 1.00 e. The predicted molar refractivity (Wildman–Crippen MR) is 134 cm³/mol. The third-order valence-electron chi connectivity index (χ3n) is 5.89. The Bertz CT molecular complexity index is 1090. The average Bonchev–Trinajstić information content (AvgIpc) is 2.86. The molecule has 0 spiro atoms. The molecule has 152 valence electrons. The van der Waals surface area contributed by atoms with Gasteiger partial charge < -0.3 is 4.80 Å². The van der Waals surface area contributed by atoms with Gasteiger partial charge in [0.05, 0.1) is 0 Å². The molecule has 0 radical (unpaired) electrons. The number of hydrogen-bond donors (Lipinski definition) is 0. The standard InChI is InChI=1S/C28H25OSi2.K/c1-30(25-15-6-2-7-16-25,26-17-8-3-9-18-26)23-14-24-31(29,27-19-10-4-11-20-27)28-21-12-5-13-22-28;/h2-13,15-22H,23H2,1H3;/q-1;+1. The Balaban J connectivity index is 0.00000289. The molecule has 4 aromatic rings. The molecule has 0 aliphatic carbocycles. The smallest absolute Gasteiger partial charge is 0.842 e. The van der Waals surface area contributed by atoms with E-state index >= 15 is 0 Å². The second-order valence-electron chi connectivity index (χ2n) is 7.96. The molecule has 0 aromatic heterocycles. The van der Waals surface area contributed by atoms with Gasteiger partial charge in [0.1, 0.15) is 16.4 Å². The Morgan fingerprint density at radius 2 is 0.875 bits per heavy atom. The van der Waals surface area contributed by atoms with Crippen molar-refractivity contribution < 1.29 is 56.2 Å². The van der Waals surface area contributed by atoms with Crippen LogP contribution in [0.2, 0.25) is 12.6 Å². The van der Waals surface area contributed by atoms with Gasteiger partial charge in [-0.2, -0.15) is 0 Å². The SMILES string of the molecule is C[Si](CC#C[Si]([O-])(c1ccccc1)c1ccccc1)(c1ccccc1)c1ccccc1.[K+]. The monoisotopic (exact) mass is 472 g/mol. The molecule has 0 atom stereocenters. The Labute approximate surface area is 236 Å². The summed E-state index contributed by atoms with van der Waals surface area (Å²) in [6, 6.07) is 41.4. The summed E-state index contributed by atoms with van der Waals surface area (Å²) in [5, 5.41) is 4.31. The third-order valence-corrected chi connectivity index (χ3v) is 12.8. The van der Waals surface area contributed by atoms with Crippen LogP contribution in [0, 0.1) is 11.5 Å². The molecule has 4 aromatic carbocycles. The van der Waals surface area contributed by atoms with Gasteiger partial charge in [0.25, 0.3) is 0 Å². The first-order valence-corrected chi connectivity index (χ1v) is 15.2. The van der Waals surface area contributed by atoms with Crippen LogP contribution < -0.4 is 76.9 Å². The molecule has 4 heteroatoms. The minimum absolute atomic E-state index is 0. The van der Waals surface area contributed by atoms with Crippen molar-refractivity contribution in [3.05, 3.63) is 121 Å². The minimum atomic E-state index is -3.39. The molecule has 0 saturated heterocycles. The molecule has 32 heavy (non-hydrogen) atoms. The van der Waals surface area contributed by atoms with Crippen LogP contribution in [0.25, 0.3) is 0 Å². The summed E-state index contributed by atoms with van der Waals surface area (Å²) < 4.78 is 0. The fraction of sp³-hybridized carbons (Fsp3) is 0.0714. The first kappa shape index (κ1) is 25.1. The molecule has 0 saturated carbocycles. The van der Waals surface area contributed by atoms with Gasteiger partial charge in [0.15, 0.2) is 0 Å². The van der Waals surface area contributed by atoms with Crippen LogP contribution >= 0.6 is 0 Å². The van der Waals surface area contributed by atoms with Crippen molar-refractivity contribution in [1.29, 1.82) is 0 Å². The van der Waals surface area contributed by atoms with Gasteiger partial charge in [-0.15, -0.1) is 11.5 Å². The topological polar surface area (TPSA) is 23.1 Å². The Kier molecular flexibility index (Phi) is 9.06. The van der Waals surface area contributed by atoms with Gasteiger partial charge in [0.2, 0.25) is 0 Å². The van der Waals surface area contributed by atoms with Crippen LogP contribution in [0.4, 0.5) is 0 Å². The summed E-state index contributed by atoms with van der Waals surface area (Å²) in [5.41, 5.74) is 3.29. The van der Waals surface area contributed by atoms with E-state index in [4.69, 9.17) is 0 Å². The van der Waals surface area contributed by atoms with Crippen molar-refractivity contribution in [3.8, 4) is 11.5 Å². The van der Waals surface area contributed by atoms with Gasteiger partial charge in [-0.25, -0.2) is 0 Å². The first-order valence-electron chi connectivity index (χ1n) is 10.6. The maximum absolute atomic E-state index is 14.2. The summed E-state index contributed by atoms with van der Waals surface area (Å²) in [6.45, 7) is 2.35. The van der Waals surface area contributed by atoms with E-state index in [1.807, 2.05) is 60.7 Å². The molecule has 0 fully saturated rings. The molecular formula is C28H25KOSi2. The molecule has 0 N–H and O–H groups in total. The zero-order valence-electron chi connectivity index (χ0n) is 18.7. The summed E-state index contributed by atoms with van der Waals surface area (Å²) in [6.07, 6.45) is 0. The Hall–Kier alpha value is -1.53.